The van der Waals surface area contributed by atoms with Crippen LogP contribution in [0.1, 0.15) is 28.2 Å². The van der Waals surface area contributed by atoms with Crippen molar-refractivity contribution in [2.45, 2.75) is 32.2 Å². The fourth-order valence-electron chi connectivity index (χ4n) is 4.19. The lowest BCUT2D eigenvalue weighted by Crippen LogP contribution is -2.26. The first kappa shape index (κ1) is 16.6. The number of alkyl halides is 1. The Balaban J connectivity index is 1.70. The highest BCUT2D eigenvalue weighted by Gasteiger charge is 2.23. The van der Waals surface area contributed by atoms with Gasteiger partial charge in [-0.1, -0.05) is 42.5 Å². The van der Waals surface area contributed by atoms with Crippen molar-refractivity contribution in [3.05, 3.63) is 74.6 Å². The average Bonchev–Trinajstić information content (AvgIpc) is 3.26. The van der Waals surface area contributed by atoms with Gasteiger partial charge in [0.15, 0.2) is 0 Å². The second kappa shape index (κ2) is 6.57. The number of benzene rings is 2. The Labute approximate surface area is 160 Å². The van der Waals surface area contributed by atoms with Gasteiger partial charge in [-0.05, 0) is 41.2 Å². The number of fused-ring (bicyclic) bond motifs is 4. The number of aromatic nitrogens is 2. The van der Waals surface area contributed by atoms with Gasteiger partial charge in [0.1, 0.15) is 17.3 Å². The van der Waals surface area contributed by atoms with Crippen LogP contribution >= 0.6 is 11.3 Å². The molecule has 3 nitrogen and oxygen atoms in total. The number of hydrogen-bond donors (Lipinski definition) is 0. The quantitative estimate of drug-likeness (QED) is 0.518. The predicted molar refractivity (Wildman–Crippen MR) is 109 cm³/mol. The van der Waals surface area contributed by atoms with E-state index in [9.17, 15) is 9.18 Å². The molecule has 5 rings (SSSR count). The van der Waals surface area contributed by atoms with E-state index < -0.39 is 6.67 Å². The summed E-state index contributed by atoms with van der Waals surface area (Å²) in [4.78, 5) is 20.1. The number of rotatable bonds is 4. The van der Waals surface area contributed by atoms with E-state index in [0.29, 0.717) is 12.2 Å². The third-order valence-corrected chi connectivity index (χ3v) is 6.63. The van der Waals surface area contributed by atoms with Gasteiger partial charge < -0.3 is 0 Å². The topological polar surface area (TPSA) is 34.9 Å². The maximum absolute atomic E-state index is 13.2. The number of thiophene rings is 1. The van der Waals surface area contributed by atoms with Crippen molar-refractivity contribution >= 4 is 32.3 Å². The van der Waals surface area contributed by atoms with Crippen molar-refractivity contribution in [1.29, 1.82) is 0 Å². The van der Waals surface area contributed by atoms with E-state index in [0.717, 1.165) is 51.4 Å². The summed E-state index contributed by atoms with van der Waals surface area (Å²) in [6.45, 7) is -0.506. The van der Waals surface area contributed by atoms with Crippen LogP contribution < -0.4 is 5.56 Å². The van der Waals surface area contributed by atoms with Crippen LogP contribution in [0.15, 0.2) is 47.3 Å². The van der Waals surface area contributed by atoms with Gasteiger partial charge in [-0.25, -0.2) is 9.37 Å². The molecule has 5 heteroatoms. The minimum absolute atomic E-state index is 0.0620. The fourth-order valence-corrected chi connectivity index (χ4v) is 5.46. The summed E-state index contributed by atoms with van der Waals surface area (Å²) >= 11 is 1.64. The molecule has 0 spiro atoms. The molecule has 27 heavy (non-hydrogen) atoms. The first-order valence-electron chi connectivity index (χ1n) is 9.33. The third kappa shape index (κ3) is 2.69. The van der Waals surface area contributed by atoms with E-state index in [-0.39, 0.29) is 12.1 Å². The van der Waals surface area contributed by atoms with Crippen LogP contribution in [0.3, 0.4) is 0 Å². The van der Waals surface area contributed by atoms with E-state index in [1.165, 1.54) is 4.88 Å². The molecule has 136 valence electrons. The molecule has 0 aliphatic heterocycles. The summed E-state index contributed by atoms with van der Waals surface area (Å²) in [6, 6.07) is 14.4. The zero-order valence-corrected chi connectivity index (χ0v) is 15.7. The van der Waals surface area contributed by atoms with Crippen molar-refractivity contribution in [2.75, 3.05) is 6.67 Å². The Kier molecular flexibility index (Phi) is 4.05. The Morgan fingerprint density at radius 2 is 1.96 bits per heavy atom. The maximum Gasteiger partial charge on any atom is 0.262 e. The molecule has 0 fully saturated rings. The van der Waals surface area contributed by atoms with Gasteiger partial charge in [0.05, 0.1) is 11.9 Å². The molecule has 0 saturated heterocycles. The van der Waals surface area contributed by atoms with Crippen LogP contribution in [0.2, 0.25) is 0 Å². The zero-order chi connectivity index (χ0) is 18.4. The summed E-state index contributed by atoms with van der Waals surface area (Å²) in [5, 5.41) is 3.03. The molecule has 0 unspecified atom stereocenters. The van der Waals surface area contributed by atoms with Crippen LogP contribution in [-0.4, -0.2) is 16.2 Å². The summed E-state index contributed by atoms with van der Waals surface area (Å²) in [7, 11) is 0. The monoisotopic (exact) mass is 378 g/mol. The molecular formula is C22H19FN2OS. The molecule has 1 aliphatic rings. The van der Waals surface area contributed by atoms with Gasteiger partial charge in [-0.3, -0.25) is 9.36 Å². The molecule has 0 atom stereocenters. The van der Waals surface area contributed by atoms with Crippen molar-refractivity contribution in [2.24, 2.45) is 0 Å². The molecule has 0 amide bonds. The second-order valence-corrected chi connectivity index (χ2v) is 8.11. The van der Waals surface area contributed by atoms with Gasteiger partial charge in [0.2, 0.25) is 0 Å². The Morgan fingerprint density at radius 1 is 1.11 bits per heavy atom. The minimum atomic E-state index is -0.568. The van der Waals surface area contributed by atoms with Gasteiger partial charge >= 0.3 is 0 Å². The number of nitrogens with zero attached hydrogens (tertiary/aromatic N) is 2. The van der Waals surface area contributed by atoms with Crippen LogP contribution in [0.25, 0.3) is 21.0 Å². The average molecular weight is 378 g/mol. The lowest BCUT2D eigenvalue weighted by Gasteiger charge is -2.13. The molecule has 0 N–H and O–H groups in total. The highest BCUT2D eigenvalue weighted by atomic mass is 32.1. The predicted octanol–water partition coefficient (Wildman–Crippen LogP) is 4.66. The summed E-state index contributed by atoms with van der Waals surface area (Å²) in [5.41, 5.74) is 2.18. The third-order valence-electron chi connectivity index (χ3n) is 5.44. The second-order valence-electron chi connectivity index (χ2n) is 7.03. The van der Waals surface area contributed by atoms with E-state index in [4.69, 9.17) is 4.98 Å². The molecule has 0 bridgehead atoms. The molecule has 4 aromatic rings. The highest BCUT2D eigenvalue weighted by Crippen LogP contribution is 2.35. The molecular weight excluding hydrogens is 359 g/mol. The normalized spacial score (nSPS) is 13.5. The van der Waals surface area contributed by atoms with Crippen LogP contribution in [-0.2, 0) is 25.8 Å². The number of hydrogen-bond acceptors (Lipinski definition) is 3. The maximum atomic E-state index is 13.2. The van der Waals surface area contributed by atoms with Crippen molar-refractivity contribution < 1.29 is 4.39 Å². The Bertz CT molecular complexity index is 1220. The smallest absolute Gasteiger partial charge is 0.262 e. The number of halogens is 1. The molecule has 2 heterocycles. The molecule has 0 radical (unpaired) electrons. The molecule has 0 saturated carbocycles. The lowest BCUT2D eigenvalue weighted by atomic mass is 10.0. The van der Waals surface area contributed by atoms with E-state index in [1.807, 2.05) is 18.2 Å². The van der Waals surface area contributed by atoms with Crippen molar-refractivity contribution in [3.63, 3.8) is 0 Å². The number of aryl methyl sites for hydroxylation is 2. The minimum Gasteiger partial charge on any atom is -0.293 e. The summed E-state index contributed by atoms with van der Waals surface area (Å²) < 4.78 is 14.8. The standard InChI is InChI=1S/C22H19FN2OS/c23-11-12-25-19(13-15-7-3-6-14-5-1-2-8-16(14)15)24-21-20(22(25)26)17-9-4-10-18(17)27-21/h1-3,5-8H,4,9-13H2. The van der Waals surface area contributed by atoms with Gasteiger partial charge in [0, 0.05) is 11.3 Å². The lowest BCUT2D eigenvalue weighted by molar-refractivity contribution is 0.433. The highest BCUT2D eigenvalue weighted by molar-refractivity contribution is 7.18. The van der Waals surface area contributed by atoms with E-state index >= 15 is 0 Å². The van der Waals surface area contributed by atoms with E-state index in [1.54, 1.807) is 15.9 Å². The molecule has 1 aliphatic carbocycles. The zero-order valence-electron chi connectivity index (χ0n) is 14.9. The van der Waals surface area contributed by atoms with Gasteiger partial charge in [-0.2, -0.15) is 0 Å². The Morgan fingerprint density at radius 3 is 2.85 bits per heavy atom. The van der Waals surface area contributed by atoms with Gasteiger partial charge in [0.25, 0.3) is 5.56 Å². The molecule has 2 aromatic heterocycles. The van der Waals surface area contributed by atoms with Crippen molar-refractivity contribution in [3.8, 4) is 0 Å². The van der Waals surface area contributed by atoms with E-state index in [2.05, 4.69) is 24.3 Å². The first-order valence-corrected chi connectivity index (χ1v) is 10.1. The SMILES string of the molecule is O=c1c2c3c(sc2nc(Cc2cccc4ccccc24)n1CCF)CCC3. The molecule has 2 aromatic carbocycles. The first-order chi connectivity index (χ1) is 13.3. The van der Waals surface area contributed by atoms with Crippen molar-refractivity contribution in [1.82, 2.24) is 9.55 Å². The van der Waals surface area contributed by atoms with Crippen LogP contribution in [0, 0.1) is 0 Å². The van der Waals surface area contributed by atoms with Crippen LogP contribution in [0.4, 0.5) is 4.39 Å². The van der Waals surface area contributed by atoms with Crippen LogP contribution in [0.5, 0.6) is 0 Å². The summed E-state index contributed by atoms with van der Waals surface area (Å²) in [5.74, 6) is 0.654. The largest absolute Gasteiger partial charge is 0.293 e. The summed E-state index contributed by atoms with van der Waals surface area (Å²) in [6.07, 6.45) is 3.58. The Hall–Kier alpha value is -2.53. The van der Waals surface area contributed by atoms with Gasteiger partial charge in [-0.15, -0.1) is 11.3 Å². The fraction of sp³-hybridized carbons (Fsp3) is 0.273.